The van der Waals surface area contributed by atoms with Crippen LogP contribution in [-0.4, -0.2) is 36.4 Å². The van der Waals surface area contributed by atoms with Crippen LogP contribution in [-0.2, 0) is 16.1 Å². The normalized spacial score (nSPS) is 18.2. The van der Waals surface area contributed by atoms with Crippen LogP contribution in [0.2, 0.25) is 0 Å². The van der Waals surface area contributed by atoms with Crippen LogP contribution in [0.1, 0.15) is 22.7 Å². The number of nitrogens with zero attached hydrogens (tertiary/aromatic N) is 1. The molecule has 8 nitrogen and oxygen atoms in total. The van der Waals surface area contributed by atoms with Crippen molar-refractivity contribution >= 4 is 17.4 Å². The second-order valence-corrected chi connectivity index (χ2v) is 8.35. The van der Waals surface area contributed by atoms with Crippen molar-refractivity contribution in [2.75, 3.05) is 19.8 Å². The third kappa shape index (κ3) is 4.40. The van der Waals surface area contributed by atoms with Gasteiger partial charge in [-0.2, -0.15) is 0 Å². The van der Waals surface area contributed by atoms with Crippen LogP contribution in [0.3, 0.4) is 0 Å². The molecule has 36 heavy (non-hydrogen) atoms. The van der Waals surface area contributed by atoms with E-state index in [1.165, 1.54) is 4.90 Å². The number of ketones is 1. The van der Waals surface area contributed by atoms with E-state index in [1.807, 2.05) is 12.1 Å². The Labute approximate surface area is 208 Å². The first kappa shape index (κ1) is 23.2. The first-order valence-corrected chi connectivity index (χ1v) is 11.5. The highest BCUT2D eigenvalue weighted by molar-refractivity contribution is 6.46. The van der Waals surface area contributed by atoms with Crippen LogP contribution in [0.5, 0.6) is 17.2 Å². The van der Waals surface area contributed by atoms with Crippen molar-refractivity contribution in [3.8, 4) is 17.2 Å². The van der Waals surface area contributed by atoms with Gasteiger partial charge in [0.25, 0.3) is 5.91 Å². The van der Waals surface area contributed by atoms with Crippen LogP contribution in [0, 0.1) is 0 Å². The number of likely N-dealkylation sites (tertiary alicyclic amines) is 1. The molecule has 3 aromatic rings. The standard InChI is InChI=1S/C28H24N2O6/c1-2-12-34-21-5-3-4-19(15-21)25-24(26(31)20-6-7-22-23(16-20)36-14-13-35-22)27(32)28(33)30(25)17-18-8-10-29-11-9-18/h2-11,15-16,25,31H,1,12-14,17H2. The number of hydrogen-bond donors (Lipinski definition) is 0. The summed E-state index contributed by atoms with van der Waals surface area (Å²) in [7, 11) is 0. The number of pyridine rings is 1. The SMILES string of the molecule is C=CCOc1cccc(C2C(=C([O-])c3ccc4c(c3)OCCO4)C(=O)C(=O)N2Cc2cc[nH+]cc2)c1. The van der Waals surface area contributed by atoms with Crippen molar-refractivity contribution in [2.24, 2.45) is 0 Å². The number of H-pyrrole nitrogens is 1. The van der Waals surface area contributed by atoms with Crippen molar-refractivity contribution in [3.63, 3.8) is 0 Å². The second-order valence-electron chi connectivity index (χ2n) is 8.35. The molecule has 1 amide bonds. The molecule has 0 aliphatic carbocycles. The predicted octanol–water partition coefficient (Wildman–Crippen LogP) is 2.26. The molecule has 0 saturated carbocycles. The van der Waals surface area contributed by atoms with Gasteiger partial charge in [0.2, 0.25) is 5.78 Å². The van der Waals surface area contributed by atoms with E-state index in [0.717, 1.165) is 5.56 Å². The Bertz CT molecular complexity index is 1350. The van der Waals surface area contributed by atoms with Crippen molar-refractivity contribution < 1.29 is 33.9 Å². The maximum absolute atomic E-state index is 13.7. The zero-order valence-electron chi connectivity index (χ0n) is 19.4. The molecule has 5 rings (SSSR count). The molecule has 1 N–H and O–H groups in total. The zero-order chi connectivity index (χ0) is 25.1. The van der Waals surface area contributed by atoms with E-state index in [1.54, 1.807) is 60.9 Å². The minimum absolute atomic E-state index is 0.111. The summed E-state index contributed by atoms with van der Waals surface area (Å²) >= 11 is 0. The number of ether oxygens (including phenoxy) is 3. The fourth-order valence-corrected chi connectivity index (χ4v) is 4.37. The van der Waals surface area contributed by atoms with E-state index in [4.69, 9.17) is 14.2 Å². The number of aromatic nitrogens is 1. The number of carbonyl (C=O) groups is 2. The monoisotopic (exact) mass is 484 g/mol. The lowest BCUT2D eigenvalue weighted by Gasteiger charge is -2.28. The molecule has 1 unspecified atom stereocenters. The molecule has 3 heterocycles. The Morgan fingerprint density at radius 3 is 2.64 bits per heavy atom. The van der Waals surface area contributed by atoms with E-state index >= 15 is 0 Å². The first-order valence-electron chi connectivity index (χ1n) is 11.5. The summed E-state index contributed by atoms with van der Waals surface area (Å²) in [6.45, 7) is 4.89. The Hall–Kier alpha value is -4.59. The van der Waals surface area contributed by atoms with E-state index in [9.17, 15) is 14.7 Å². The van der Waals surface area contributed by atoms with Crippen molar-refractivity contribution in [3.05, 3.63) is 102 Å². The Balaban J connectivity index is 1.62. The summed E-state index contributed by atoms with van der Waals surface area (Å²) in [4.78, 5) is 30.9. The number of hydrogen-bond acceptors (Lipinski definition) is 6. The Morgan fingerprint density at radius 2 is 1.86 bits per heavy atom. The lowest BCUT2D eigenvalue weighted by atomic mass is 9.95. The number of nitrogens with one attached hydrogen (secondary N) is 1. The van der Waals surface area contributed by atoms with Gasteiger partial charge in [0.05, 0.1) is 6.04 Å². The van der Waals surface area contributed by atoms with E-state index < -0.39 is 23.5 Å². The number of Topliss-reactive ketones (excluding diaryl/α,β-unsaturated/α-hetero) is 1. The molecule has 1 atom stereocenters. The van der Waals surface area contributed by atoms with Crippen LogP contribution < -0.4 is 24.3 Å². The van der Waals surface area contributed by atoms with Crippen LogP contribution in [0.25, 0.3) is 5.76 Å². The van der Waals surface area contributed by atoms with Crippen LogP contribution >= 0.6 is 0 Å². The molecule has 1 saturated heterocycles. The summed E-state index contributed by atoms with van der Waals surface area (Å²) in [5.41, 5.74) is 1.54. The minimum Gasteiger partial charge on any atom is -0.872 e. The molecular formula is C28H24N2O6. The average molecular weight is 485 g/mol. The third-order valence-electron chi connectivity index (χ3n) is 6.02. The number of rotatable bonds is 7. The van der Waals surface area contributed by atoms with Gasteiger partial charge in [0.1, 0.15) is 25.6 Å². The molecule has 0 bridgehead atoms. The Morgan fingerprint density at radius 1 is 1.08 bits per heavy atom. The fourth-order valence-electron chi connectivity index (χ4n) is 4.37. The molecule has 1 aromatic heterocycles. The number of carbonyl (C=O) groups excluding carboxylic acids is 2. The molecule has 2 aliphatic heterocycles. The number of fused-ring (bicyclic) bond motifs is 1. The van der Waals surface area contributed by atoms with Gasteiger partial charge in [-0.25, -0.2) is 4.98 Å². The lowest BCUT2D eigenvalue weighted by molar-refractivity contribution is -0.378. The summed E-state index contributed by atoms with van der Waals surface area (Å²) in [5.74, 6) is -0.580. The summed E-state index contributed by atoms with van der Waals surface area (Å²) < 4.78 is 16.8. The van der Waals surface area contributed by atoms with Gasteiger partial charge in [-0.1, -0.05) is 36.6 Å². The van der Waals surface area contributed by atoms with Gasteiger partial charge in [0, 0.05) is 24.3 Å². The van der Waals surface area contributed by atoms with Crippen molar-refractivity contribution in [1.82, 2.24) is 4.90 Å². The van der Waals surface area contributed by atoms with Gasteiger partial charge < -0.3 is 24.2 Å². The summed E-state index contributed by atoms with van der Waals surface area (Å²) in [5, 5.41) is 13.7. The lowest BCUT2D eigenvalue weighted by Crippen LogP contribution is -2.29. The quantitative estimate of drug-likeness (QED) is 0.221. The topological polar surface area (TPSA) is 102 Å². The number of amides is 1. The predicted molar refractivity (Wildman–Crippen MR) is 128 cm³/mol. The molecule has 1 fully saturated rings. The highest BCUT2D eigenvalue weighted by atomic mass is 16.6. The zero-order valence-corrected chi connectivity index (χ0v) is 19.4. The molecule has 8 heteroatoms. The molecule has 2 aromatic carbocycles. The summed E-state index contributed by atoms with van der Waals surface area (Å²) in [6, 6.07) is 14.6. The fraction of sp³-hybridized carbons (Fsp3) is 0.179. The second kappa shape index (κ2) is 9.95. The van der Waals surface area contributed by atoms with Gasteiger partial charge >= 0.3 is 0 Å². The smallest absolute Gasteiger partial charge is 0.295 e. The largest absolute Gasteiger partial charge is 0.872 e. The van der Waals surface area contributed by atoms with Crippen LogP contribution in [0.4, 0.5) is 0 Å². The van der Waals surface area contributed by atoms with Crippen molar-refractivity contribution in [2.45, 2.75) is 12.6 Å². The maximum atomic E-state index is 13.7. The Kier molecular flexibility index (Phi) is 6.40. The first-order chi connectivity index (χ1) is 17.6. The van der Waals surface area contributed by atoms with Gasteiger partial charge in [0.15, 0.2) is 23.9 Å². The van der Waals surface area contributed by atoms with E-state index in [0.29, 0.717) is 42.6 Å². The van der Waals surface area contributed by atoms with Gasteiger partial charge in [-0.15, -0.1) is 0 Å². The van der Waals surface area contributed by atoms with Crippen LogP contribution in [0.15, 0.2) is 85.2 Å². The van der Waals surface area contributed by atoms with E-state index in [2.05, 4.69) is 11.6 Å². The number of aromatic amines is 1. The third-order valence-corrected chi connectivity index (χ3v) is 6.02. The number of benzene rings is 2. The van der Waals surface area contributed by atoms with Gasteiger partial charge in [-0.05, 0) is 41.0 Å². The minimum atomic E-state index is -0.887. The molecule has 0 spiro atoms. The van der Waals surface area contributed by atoms with Crippen molar-refractivity contribution in [1.29, 1.82) is 0 Å². The molecule has 0 radical (unpaired) electrons. The molecule has 182 valence electrons. The van der Waals surface area contributed by atoms with Gasteiger partial charge in [-0.3, -0.25) is 9.59 Å². The molecule has 2 aliphatic rings. The summed E-state index contributed by atoms with van der Waals surface area (Å²) in [6.07, 6.45) is 5.10. The maximum Gasteiger partial charge on any atom is 0.295 e. The average Bonchev–Trinajstić information content (AvgIpc) is 3.17. The highest BCUT2D eigenvalue weighted by Gasteiger charge is 2.44. The van der Waals surface area contributed by atoms with E-state index in [-0.39, 0.29) is 17.7 Å². The highest BCUT2D eigenvalue weighted by Crippen LogP contribution is 2.41. The molecular weight excluding hydrogens is 460 g/mol.